The van der Waals surface area contributed by atoms with Crippen molar-refractivity contribution >= 4 is 9.84 Å². The SMILES string of the molecule is CC(C)CC(NN)C1CCCC(S(C)(=O)=O)C1. The third-order valence-electron chi connectivity index (χ3n) is 3.78. The highest BCUT2D eigenvalue weighted by Gasteiger charge is 2.32. The molecule has 4 nitrogen and oxygen atoms in total. The minimum atomic E-state index is -2.90. The molecule has 1 fully saturated rings. The average Bonchev–Trinajstić information content (AvgIpc) is 2.24. The first-order chi connectivity index (χ1) is 7.84. The first-order valence-corrected chi connectivity index (χ1v) is 8.45. The quantitative estimate of drug-likeness (QED) is 0.581. The molecule has 0 spiro atoms. The minimum absolute atomic E-state index is 0.163. The molecule has 0 saturated heterocycles. The molecule has 0 aromatic rings. The molecule has 3 atom stereocenters. The van der Waals surface area contributed by atoms with E-state index in [-0.39, 0.29) is 11.3 Å². The van der Waals surface area contributed by atoms with E-state index in [1.165, 1.54) is 6.26 Å². The topological polar surface area (TPSA) is 72.2 Å². The highest BCUT2D eigenvalue weighted by Crippen LogP contribution is 2.32. The normalized spacial score (nSPS) is 28.3. The van der Waals surface area contributed by atoms with E-state index in [0.29, 0.717) is 11.8 Å². The van der Waals surface area contributed by atoms with Crippen LogP contribution in [0.15, 0.2) is 0 Å². The Balaban J connectivity index is 2.64. The van der Waals surface area contributed by atoms with Gasteiger partial charge >= 0.3 is 0 Å². The van der Waals surface area contributed by atoms with Gasteiger partial charge in [0.25, 0.3) is 0 Å². The summed E-state index contributed by atoms with van der Waals surface area (Å²) in [5.41, 5.74) is 2.88. The summed E-state index contributed by atoms with van der Waals surface area (Å²) in [6.07, 6.45) is 6.03. The van der Waals surface area contributed by atoms with Gasteiger partial charge in [0.1, 0.15) is 9.84 Å². The van der Waals surface area contributed by atoms with Crippen LogP contribution in [0, 0.1) is 11.8 Å². The second-order valence-electron chi connectivity index (χ2n) is 5.78. The molecule has 1 aliphatic rings. The summed E-state index contributed by atoms with van der Waals surface area (Å²) in [6.45, 7) is 4.34. The average molecular weight is 262 g/mol. The molecule has 0 aliphatic heterocycles. The van der Waals surface area contributed by atoms with E-state index in [9.17, 15) is 8.42 Å². The van der Waals surface area contributed by atoms with Gasteiger partial charge in [-0.25, -0.2) is 8.42 Å². The first-order valence-electron chi connectivity index (χ1n) is 6.49. The number of rotatable bonds is 5. The molecule has 3 unspecified atom stereocenters. The van der Waals surface area contributed by atoms with Crippen molar-refractivity contribution in [3.8, 4) is 0 Å². The highest BCUT2D eigenvalue weighted by atomic mass is 32.2. The van der Waals surface area contributed by atoms with Crippen LogP contribution in [0.25, 0.3) is 0 Å². The number of hydrazine groups is 1. The molecule has 5 heteroatoms. The molecule has 0 radical (unpaired) electrons. The molecule has 1 saturated carbocycles. The van der Waals surface area contributed by atoms with Gasteiger partial charge in [0.05, 0.1) is 5.25 Å². The fourth-order valence-corrected chi connectivity index (χ4v) is 4.03. The summed E-state index contributed by atoms with van der Waals surface area (Å²) < 4.78 is 23.2. The Morgan fingerprint density at radius 2 is 2.00 bits per heavy atom. The summed E-state index contributed by atoms with van der Waals surface area (Å²) >= 11 is 0. The van der Waals surface area contributed by atoms with Crippen LogP contribution in [0.5, 0.6) is 0 Å². The Hall–Kier alpha value is -0.130. The van der Waals surface area contributed by atoms with Gasteiger partial charge in [-0.2, -0.15) is 0 Å². The van der Waals surface area contributed by atoms with Crippen LogP contribution in [-0.4, -0.2) is 26.0 Å². The van der Waals surface area contributed by atoms with Crippen LogP contribution in [0.2, 0.25) is 0 Å². The zero-order valence-electron chi connectivity index (χ0n) is 11.1. The lowest BCUT2D eigenvalue weighted by molar-refractivity contribution is 0.244. The van der Waals surface area contributed by atoms with Crippen molar-refractivity contribution < 1.29 is 8.42 Å². The predicted octanol–water partition coefficient (Wildman–Crippen LogP) is 1.47. The molecular weight excluding hydrogens is 236 g/mol. The third kappa shape index (κ3) is 4.56. The largest absolute Gasteiger partial charge is 0.271 e. The number of nitrogens with two attached hydrogens (primary N) is 1. The molecule has 0 aromatic heterocycles. The summed E-state index contributed by atoms with van der Waals surface area (Å²) in [4.78, 5) is 0. The van der Waals surface area contributed by atoms with Gasteiger partial charge in [-0.3, -0.25) is 11.3 Å². The van der Waals surface area contributed by atoms with Gasteiger partial charge in [-0.15, -0.1) is 0 Å². The Labute approximate surface area is 105 Å². The van der Waals surface area contributed by atoms with Crippen molar-refractivity contribution in [2.75, 3.05) is 6.26 Å². The Morgan fingerprint density at radius 1 is 1.35 bits per heavy atom. The van der Waals surface area contributed by atoms with Gasteiger partial charge in [0.2, 0.25) is 0 Å². The van der Waals surface area contributed by atoms with Crippen molar-refractivity contribution in [1.82, 2.24) is 5.43 Å². The van der Waals surface area contributed by atoms with Gasteiger partial charge in [0, 0.05) is 12.3 Å². The summed E-state index contributed by atoms with van der Waals surface area (Å²) in [5, 5.41) is -0.163. The summed E-state index contributed by atoms with van der Waals surface area (Å²) in [5.74, 6) is 6.58. The maximum atomic E-state index is 11.6. The van der Waals surface area contributed by atoms with E-state index in [1.54, 1.807) is 0 Å². The second-order valence-corrected chi connectivity index (χ2v) is 8.11. The molecule has 1 aliphatic carbocycles. The fraction of sp³-hybridized carbons (Fsp3) is 1.00. The smallest absolute Gasteiger partial charge is 0.150 e. The zero-order valence-corrected chi connectivity index (χ0v) is 12.0. The fourth-order valence-electron chi connectivity index (χ4n) is 2.84. The van der Waals surface area contributed by atoms with E-state index in [1.807, 2.05) is 0 Å². The number of hydrogen-bond acceptors (Lipinski definition) is 4. The zero-order chi connectivity index (χ0) is 13.1. The predicted molar refractivity (Wildman–Crippen MR) is 71.2 cm³/mol. The lowest BCUT2D eigenvalue weighted by Gasteiger charge is -2.34. The standard InChI is InChI=1S/C12H26N2O2S/c1-9(2)7-12(14-13)10-5-4-6-11(8-10)17(3,15)16/h9-12,14H,4-8,13H2,1-3H3. The van der Waals surface area contributed by atoms with Gasteiger partial charge in [0.15, 0.2) is 0 Å². The summed E-state index contributed by atoms with van der Waals surface area (Å²) in [6, 6.07) is 0.250. The van der Waals surface area contributed by atoms with Crippen LogP contribution in [-0.2, 0) is 9.84 Å². The lowest BCUT2D eigenvalue weighted by Crippen LogP contribution is -2.44. The maximum absolute atomic E-state index is 11.6. The lowest BCUT2D eigenvalue weighted by atomic mass is 9.81. The summed E-state index contributed by atoms with van der Waals surface area (Å²) in [7, 11) is -2.90. The second kappa shape index (κ2) is 6.16. The van der Waals surface area contributed by atoms with Gasteiger partial charge < -0.3 is 0 Å². The third-order valence-corrected chi connectivity index (χ3v) is 5.42. The van der Waals surface area contributed by atoms with Crippen LogP contribution in [0.1, 0.15) is 46.0 Å². The van der Waals surface area contributed by atoms with E-state index >= 15 is 0 Å². The number of nitrogens with one attached hydrogen (secondary N) is 1. The Bertz CT molecular complexity index is 327. The van der Waals surface area contributed by atoms with Crippen molar-refractivity contribution in [3.05, 3.63) is 0 Å². The molecular formula is C12H26N2O2S. The van der Waals surface area contributed by atoms with Gasteiger partial charge in [-0.1, -0.05) is 20.3 Å². The highest BCUT2D eigenvalue weighted by molar-refractivity contribution is 7.91. The van der Waals surface area contributed by atoms with Crippen LogP contribution >= 0.6 is 0 Å². The molecule has 102 valence electrons. The van der Waals surface area contributed by atoms with E-state index < -0.39 is 9.84 Å². The maximum Gasteiger partial charge on any atom is 0.150 e. The minimum Gasteiger partial charge on any atom is -0.271 e. The van der Waals surface area contributed by atoms with E-state index in [4.69, 9.17) is 5.84 Å². The van der Waals surface area contributed by atoms with Gasteiger partial charge in [-0.05, 0) is 37.5 Å². The van der Waals surface area contributed by atoms with Crippen molar-refractivity contribution in [2.45, 2.75) is 57.2 Å². The molecule has 3 N–H and O–H groups in total. The van der Waals surface area contributed by atoms with Crippen LogP contribution < -0.4 is 11.3 Å². The van der Waals surface area contributed by atoms with Crippen LogP contribution in [0.3, 0.4) is 0 Å². The van der Waals surface area contributed by atoms with Crippen molar-refractivity contribution in [1.29, 1.82) is 0 Å². The molecule has 0 bridgehead atoms. The molecule has 17 heavy (non-hydrogen) atoms. The monoisotopic (exact) mass is 262 g/mol. The molecule has 0 aromatic carbocycles. The Kier molecular flexibility index (Phi) is 5.41. The molecule has 0 heterocycles. The number of hydrogen-bond donors (Lipinski definition) is 2. The van der Waals surface area contributed by atoms with Crippen molar-refractivity contribution in [2.24, 2.45) is 17.7 Å². The van der Waals surface area contributed by atoms with Crippen LogP contribution in [0.4, 0.5) is 0 Å². The number of sulfone groups is 1. The van der Waals surface area contributed by atoms with E-state index in [2.05, 4.69) is 19.3 Å². The Morgan fingerprint density at radius 3 is 2.47 bits per heavy atom. The first kappa shape index (κ1) is 14.9. The van der Waals surface area contributed by atoms with Crippen molar-refractivity contribution in [3.63, 3.8) is 0 Å². The molecule has 1 rings (SSSR count). The van der Waals surface area contributed by atoms with E-state index in [0.717, 1.165) is 32.1 Å². The molecule has 0 amide bonds.